The minimum atomic E-state index is -0.607. The highest BCUT2D eigenvalue weighted by Crippen LogP contribution is 2.31. The Morgan fingerprint density at radius 1 is 1.61 bits per heavy atom. The van der Waals surface area contributed by atoms with Crippen LogP contribution in [0.4, 0.5) is 5.69 Å². The fourth-order valence-corrected chi connectivity index (χ4v) is 1.78. The summed E-state index contributed by atoms with van der Waals surface area (Å²) in [5.41, 5.74) is -0.201. The van der Waals surface area contributed by atoms with Crippen molar-refractivity contribution in [3.8, 4) is 0 Å². The molecule has 7 heteroatoms. The lowest BCUT2D eigenvalue weighted by Crippen LogP contribution is -2.25. The number of aromatic nitrogens is 1. The maximum Gasteiger partial charge on any atom is 0.288 e. The molecule has 0 atom stereocenters. The van der Waals surface area contributed by atoms with Crippen LogP contribution in [0.5, 0.6) is 0 Å². The van der Waals surface area contributed by atoms with Crippen LogP contribution in [-0.2, 0) is 0 Å². The maximum absolute atomic E-state index is 11.8. The first-order valence-electron chi connectivity index (χ1n) is 5.66. The van der Waals surface area contributed by atoms with Crippen molar-refractivity contribution in [2.45, 2.75) is 19.3 Å². The van der Waals surface area contributed by atoms with Crippen LogP contribution in [-0.4, -0.2) is 22.4 Å². The second kappa shape index (κ2) is 5.30. The quantitative estimate of drug-likeness (QED) is 0.504. The molecule has 1 heterocycles. The van der Waals surface area contributed by atoms with Crippen LogP contribution in [0.2, 0.25) is 5.15 Å². The zero-order valence-electron chi connectivity index (χ0n) is 9.56. The highest BCUT2D eigenvalue weighted by Gasteiger charge is 2.21. The molecule has 0 saturated heterocycles. The van der Waals surface area contributed by atoms with Crippen molar-refractivity contribution in [2.24, 2.45) is 5.92 Å². The lowest BCUT2D eigenvalue weighted by molar-refractivity contribution is -0.385. The Hall–Kier alpha value is -1.69. The average molecular weight is 270 g/mol. The molecule has 1 aliphatic carbocycles. The van der Waals surface area contributed by atoms with Crippen molar-refractivity contribution in [2.75, 3.05) is 6.54 Å². The Morgan fingerprint density at radius 2 is 2.33 bits per heavy atom. The van der Waals surface area contributed by atoms with Crippen molar-refractivity contribution >= 4 is 23.2 Å². The van der Waals surface area contributed by atoms with Crippen LogP contribution in [0.3, 0.4) is 0 Å². The van der Waals surface area contributed by atoms with Crippen LogP contribution in [0, 0.1) is 16.0 Å². The van der Waals surface area contributed by atoms with Crippen LogP contribution in [0.15, 0.2) is 12.3 Å². The Kier molecular flexibility index (Phi) is 3.76. The largest absolute Gasteiger partial charge is 0.352 e. The third-order valence-electron chi connectivity index (χ3n) is 2.82. The van der Waals surface area contributed by atoms with Crippen molar-refractivity contribution < 1.29 is 9.72 Å². The van der Waals surface area contributed by atoms with Crippen molar-refractivity contribution in [3.63, 3.8) is 0 Å². The van der Waals surface area contributed by atoms with Gasteiger partial charge < -0.3 is 5.32 Å². The second-order valence-electron chi connectivity index (χ2n) is 4.28. The number of hydrogen-bond acceptors (Lipinski definition) is 4. The highest BCUT2D eigenvalue weighted by molar-refractivity contribution is 6.32. The lowest BCUT2D eigenvalue weighted by atomic mass is 10.2. The predicted molar refractivity (Wildman–Crippen MR) is 65.6 cm³/mol. The smallest absolute Gasteiger partial charge is 0.288 e. The monoisotopic (exact) mass is 269 g/mol. The first kappa shape index (κ1) is 12.8. The number of nitrogens with one attached hydrogen (secondary N) is 1. The van der Waals surface area contributed by atoms with Crippen molar-refractivity contribution in [1.82, 2.24) is 10.3 Å². The van der Waals surface area contributed by atoms with Crippen molar-refractivity contribution in [1.29, 1.82) is 0 Å². The number of carbonyl (C=O) groups is 1. The van der Waals surface area contributed by atoms with Gasteiger partial charge in [-0.3, -0.25) is 14.9 Å². The van der Waals surface area contributed by atoms with E-state index in [4.69, 9.17) is 11.6 Å². The molecule has 0 bridgehead atoms. The summed E-state index contributed by atoms with van der Waals surface area (Å²) in [4.78, 5) is 25.4. The summed E-state index contributed by atoms with van der Waals surface area (Å²) in [5.74, 6) is 0.292. The van der Waals surface area contributed by atoms with Gasteiger partial charge in [0.25, 0.3) is 11.6 Å². The van der Waals surface area contributed by atoms with Crippen LogP contribution >= 0.6 is 11.6 Å². The summed E-state index contributed by atoms with van der Waals surface area (Å²) in [6.45, 7) is 0.558. The van der Waals surface area contributed by atoms with Gasteiger partial charge in [0.15, 0.2) is 0 Å². The molecule has 1 saturated carbocycles. The Labute approximate surface area is 109 Å². The maximum atomic E-state index is 11.8. The van der Waals surface area contributed by atoms with E-state index in [-0.39, 0.29) is 16.4 Å². The molecule has 18 heavy (non-hydrogen) atoms. The first-order valence-corrected chi connectivity index (χ1v) is 6.04. The molecule has 0 radical (unpaired) electrons. The van der Waals surface area contributed by atoms with Gasteiger partial charge in [0.05, 0.1) is 10.5 Å². The molecule has 0 aromatic carbocycles. The molecule has 0 spiro atoms. The highest BCUT2D eigenvalue weighted by atomic mass is 35.5. The topological polar surface area (TPSA) is 85.1 Å². The fraction of sp³-hybridized carbons (Fsp3) is 0.455. The molecule has 0 unspecified atom stereocenters. The second-order valence-corrected chi connectivity index (χ2v) is 4.63. The Morgan fingerprint density at radius 3 is 2.94 bits per heavy atom. The van der Waals surface area contributed by atoms with Gasteiger partial charge in [-0.2, -0.15) is 0 Å². The van der Waals surface area contributed by atoms with Crippen LogP contribution in [0.25, 0.3) is 0 Å². The Balaban J connectivity index is 2.02. The molecule has 1 aromatic rings. The van der Waals surface area contributed by atoms with Gasteiger partial charge in [-0.05, 0) is 12.3 Å². The van der Waals surface area contributed by atoms with Gasteiger partial charge in [-0.15, -0.1) is 0 Å². The molecule has 96 valence electrons. The lowest BCUT2D eigenvalue weighted by Gasteiger charge is -2.05. The van der Waals surface area contributed by atoms with Crippen LogP contribution < -0.4 is 5.32 Å². The molecule has 0 aliphatic heterocycles. The van der Waals surface area contributed by atoms with Crippen molar-refractivity contribution in [3.05, 3.63) is 33.1 Å². The van der Waals surface area contributed by atoms with E-state index in [2.05, 4.69) is 10.3 Å². The van der Waals surface area contributed by atoms with Gasteiger partial charge >= 0.3 is 0 Å². The number of amides is 1. The predicted octanol–water partition coefficient (Wildman–Crippen LogP) is 2.17. The number of pyridine rings is 1. The van der Waals surface area contributed by atoms with Gasteiger partial charge in [0.2, 0.25) is 0 Å². The third-order valence-corrected chi connectivity index (χ3v) is 3.12. The number of hydrogen-bond donors (Lipinski definition) is 1. The van der Waals surface area contributed by atoms with E-state index in [0.717, 1.165) is 18.7 Å². The summed E-state index contributed by atoms with van der Waals surface area (Å²) >= 11 is 5.76. The molecule has 2 rings (SSSR count). The minimum absolute atomic E-state index is 0.0236. The number of rotatable bonds is 5. The molecule has 1 aliphatic rings. The SMILES string of the molecule is O=C(NCCC1CC1)c1cc([N+](=O)[O-])cnc1Cl. The van der Waals surface area contributed by atoms with Crippen LogP contribution in [0.1, 0.15) is 29.6 Å². The van der Waals surface area contributed by atoms with E-state index in [9.17, 15) is 14.9 Å². The molecule has 1 fully saturated rings. The zero-order chi connectivity index (χ0) is 13.1. The average Bonchev–Trinajstić information content (AvgIpc) is 3.13. The standard InChI is InChI=1S/C11H12ClN3O3/c12-10-9(5-8(6-14-10)15(17)18)11(16)13-4-3-7-1-2-7/h5-7H,1-4H2,(H,13,16). The summed E-state index contributed by atoms with van der Waals surface area (Å²) in [5, 5.41) is 13.3. The zero-order valence-corrected chi connectivity index (χ0v) is 10.3. The summed E-state index contributed by atoms with van der Waals surface area (Å²) < 4.78 is 0. The molecule has 1 amide bonds. The van der Waals surface area contributed by atoms with E-state index in [0.29, 0.717) is 12.5 Å². The van der Waals surface area contributed by atoms with E-state index >= 15 is 0 Å². The molecular formula is C11H12ClN3O3. The minimum Gasteiger partial charge on any atom is -0.352 e. The number of carbonyl (C=O) groups excluding carboxylic acids is 1. The fourth-order valence-electron chi connectivity index (χ4n) is 1.59. The summed E-state index contributed by atoms with van der Waals surface area (Å²) in [7, 11) is 0. The molecule has 1 aromatic heterocycles. The van der Waals surface area contributed by atoms with Gasteiger partial charge in [0, 0.05) is 12.6 Å². The van der Waals surface area contributed by atoms with E-state index in [1.807, 2.05) is 0 Å². The van der Waals surface area contributed by atoms with Gasteiger partial charge in [-0.1, -0.05) is 24.4 Å². The molecule has 6 nitrogen and oxygen atoms in total. The molecule has 1 N–H and O–H groups in total. The normalized spacial score (nSPS) is 14.3. The third kappa shape index (κ3) is 3.16. The van der Waals surface area contributed by atoms with E-state index < -0.39 is 10.8 Å². The van der Waals surface area contributed by atoms with E-state index in [1.165, 1.54) is 12.8 Å². The Bertz CT molecular complexity index is 488. The van der Waals surface area contributed by atoms with Gasteiger partial charge in [0.1, 0.15) is 11.3 Å². The number of nitrogens with zero attached hydrogens (tertiary/aromatic N) is 2. The van der Waals surface area contributed by atoms with E-state index in [1.54, 1.807) is 0 Å². The first-order chi connectivity index (χ1) is 8.58. The summed E-state index contributed by atoms with van der Waals surface area (Å²) in [6.07, 6.45) is 4.40. The number of halogens is 1. The van der Waals surface area contributed by atoms with Gasteiger partial charge in [-0.25, -0.2) is 4.98 Å². The summed E-state index contributed by atoms with van der Waals surface area (Å²) in [6, 6.07) is 1.14. The number of nitro groups is 1. The molecular weight excluding hydrogens is 258 g/mol.